The second kappa shape index (κ2) is 8.34. The number of hydrogen-bond acceptors (Lipinski definition) is 3. The predicted octanol–water partition coefficient (Wildman–Crippen LogP) is 1.43. The predicted molar refractivity (Wildman–Crippen MR) is 66.9 cm³/mol. The zero-order valence-corrected chi connectivity index (χ0v) is 11.1. The largest absolute Gasteiger partial charge is 0.480 e. The van der Waals surface area contributed by atoms with Crippen LogP contribution in [-0.2, 0) is 4.79 Å². The van der Waals surface area contributed by atoms with Crippen molar-refractivity contribution in [2.75, 3.05) is 13.1 Å². The number of hydrogen-bond donors (Lipinski definition) is 2. The molecule has 0 unspecified atom stereocenters. The fraction of sp³-hybridized carbons (Fsp3) is 0.750. The van der Waals surface area contributed by atoms with Crippen LogP contribution in [0.15, 0.2) is 0 Å². The normalized spacial score (nSPS) is 11.7. The van der Waals surface area contributed by atoms with Crippen LogP contribution in [0.5, 0.6) is 0 Å². The van der Waals surface area contributed by atoms with Gasteiger partial charge in [-0.05, 0) is 12.3 Å². The first-order valence-electron chi connectivity index (χ1n) is 6.07. The van der Waals surface area contributed by atoms with Crippen molar-refractivity contribution < 1.29 is 14.7 Å². The third-order valence-electron chi connectivity index (χ3n) is 2.37. The van der Waals surface area contributed by atoms with E-state index in [1.165, 1.54) is 4.90 Å². The Morgan fingerprint density at radius 1 is 1.44 bits per heavy atom. The van der Waals surface area contributed by atoms with Crippen molar-refractivity contribution >= 4 is 12.0 Å². The van der Waals surface area contributed by atoms with E-state index in [2.05, 4.69) is 5.32 Å². The summed E-state index contributed by atoms with van der Waals surface area (Å²) in [4.78, 5) is 24.2. The highest BCUT2D eigenvalue weighted by Gasteiger charge is 2.21. The molecule has 0 aliphatic heterocycles. The molecule has 0 aliphatic rings. The summed E-state index contributed by atoms with van der Waals surface area (Å²) in [5.74, 6) is -0.782. The lowest BCUT2D eigenvalue weighted by Gasteiger charge is -2.25. The van der Waals surface area contributed by atoms with Crippen LogP contribution in [0.3, 0.4) is 0 Å². The van der Waals surface area contributed by atoms with E-state index in [0.717, 1.165) is 0 Å². The van der Waals surface area contributed by atoms with Crippen LogP contribution < -0.4 is 5.32 Å². The van der Waals surface area contributed by atoms with Gasteiger partial charge in [0.1, 0.15) is 6.04 Å². The summed E-state index contributed by atoms with van der Waals surface area (Å²) in [5.41, 5.74) is 0. The SMILES string of the molecule is CC[C@H](NC(=O)N(CCC#N)CC(C)C)C(=O)O. The maximum Gasteiger partial charge on any atom is 0.326 e. The Labute approximate surface area is 108 Å². The van der Waals surface area contributed by atoms with Gasteiger partial charge in [-0.3, -0.25) is 0 Å². The summed E-state index contributed by atoms with van der Waals surface area (Å²) in [6.07, 6.45) is 0.568. The van der Waals surface area contributed by atoms with Gasteiger partial charge >= 0.3 is 12.0 Å². The lowest BCUT2D eigenvalue weighted by Crippen LogP contribution is -2.48. The summed E-state index contributed by atoms with van der Waals surface area (Å²) in [5, 5.41) is 19.9. The van der Waals surface area contributed by atoms with Gasteiger partial charge in [-0.1, -0.05) is 20.8 Å². The van der Waals surface area contributed by atoms with E-state index >= 15 is 0 Å². The first kappa shape index (κ1) is 16.2. The molecule has 0 saturated carbocycles. The van der Waals surface area contributed by atoms with Crippen LogP contribution in [0.25, 0.3) is 0 Å². The molecule has 0 rings (SSSR count). The maximum absolute atomic E-state index is 11.9. The number of carbonyl (C=O) groups excluding carboxylic acids is 1. The number of urea groups is 1. The fourth-order valence-electron chi connectivity index (χ4n) is 1.48. The number of carboxylic acid groups (broad SMARTS) is 1. The molecule has 1 atom stereocenters. The summed E-state index contributed by atoms with van der Waals surface area (Å²) in [6, 6.07) is 0.675. The van der Waals surface area contributed by atoms with Crippen molar-refractivity contribution in [3.8, 4) is 6.07 Å². The molecule has 0 saturated heterocycles. The van der Waals surface area contributed by atoms with E-state index in [4.69, 9.17) is 10.4 Å². The molecule has 102 valence electrons. The van der Waals surface area contributed by atoms with Gasteiger partial charge in [-0.2, -0.15) is 5.26 Å². The average Bonchev–Trinajstić information content (AvgIpc) is 2.30. The minimum absolute atomic E-state index is 0.240. The highest BCUT2D eigenvalue weighted by molar-refractivity contribution is 5.82. The van der Waals surface area contributed by atoms with Crippen LogP contribution >= 0.6 is 0 Å². The highest BCUT2D eigenvalue weighted by Crippen LogP contribution is 2.02. The molecule has 2 amide bonds. The zero-order chi connectivity index (χ0) is 14.1. The Morgan fingerprint density at radius 2 is 2.06 bits per heavy atom. The van der Waals surface area contributed by atoms with Gasteiger partial charge in [0.05, 0.1) is 12.5 Å². The van der Waals surface area contributed by atoms with Crippen LogP contribution in [0.4, 0.5) is 4.79 Å². The Kier molecular flexibility index (Phi) is 7.52. The number of carbonyl (C=O) groups is 2. The van der Waals surface area contributed by atoms with Gasteiger partial charge in [-0.15, -0.1) is 0 Å². The molecule has 6 heteroatoms. The maximum atomic E-state index is 11.9. The smallest absolute Gasteiger partial charge is 0.326 e. The van der Waals surface area contributed by atoms with Gasteiger partial charge in [0.25, 0.3) is 0 Å². The van der Waals surface area contributed by atoms with Crippen molar-refractivity contribution in [1.82, 2.24) is 10.2 Å². The molecular weight excluding hydrogens is 234 g/mol. The quantitative estimate of drug-likeness (QED) is 0.719. The van der Waals surface area contributed by atoms with Gasteiger partial charge < -0.3 is 15.3 Å². The molecule has 0 bridgehead atoms. The van der Waals surface area contributed by atoms with Crippen LogP contribution in [-0.4, -0.2) is 41.1 Å². The number of nitrogens with one attached hydrogen (secondary N) is 1. The number of aliphatic carboxylic acids is 1. The molecule has 0 spiro atoms. The van der Waals surface area contributed by atoms with E-state index in [0.29, 0.717) is 19.5 Å². The van der Waals surface area contributed by atoms with E-state index < -0.39 is 18.0 Å². The Hall–Kier alpha value is -1.77. The topological polar surface area (TPSA) is 93.4 Å². The van der Waals surface area contributed by atoms with Crippen molar-refractivity contribution in [1.29, 1.82) is 5.26 Å². The second-order valence-corrected chi connectivity index (χ2v) is 4.50. The van der Waals surface area contributed by atoms with Crippen molar-refractivity contribution in [3.05, 3.63) is 0 Å². The minimum atomic E-state index is -1.05. The third kappa shape index (κ3) is 6.09. The molecule has 0 radical (unpaired) electrons. The molecule has 0 aromatic heterocycles. The van der Waals surface area contributed by atoms with Gasteiger partial charge in [0.15, 0.2) is 0 Å². The third-order valence-corrected chi connectivity index (χ3v) is 2.37. The van der Waals surface area contributed by atoms with Gasteiger partial charge in [0.2, 0.25) is 0 Å². The first-order valence-corrected chi connectivity index (χ1v) is 6.07. The molecule has 0 aromatic rings. The lowest BCUT2D eigenvalue weighted by molar-refractivity contribution is -0.139. The number of rotatable bonds is 7. The Bertz CT molecular complexity index is 323. The standard InChI is InChI=1S/C12H21N3O3/c1-4-10(11(16)17)14-12(18)15(7-5-6-13)8-9(2)3/h9-10H,4-5,7-8H2,1-3H3,(H,14,18)(H,16,17)/t10-/m0/s1. The average molecular weight is 255 g/mol. The zero-order valence-electron chi connectivity index (χ0n) is 11.1. The fourth-order valence-corrected chi connectivity index (χ4v) is 1.48. The Morgan fingerprint density at radius 3 is 2.44 bits per heavy atom. The molecule has 0 heterocycles. The number of nitrogens with zero attached hydrogens (tertiary/aromatic N) is 2. The van der Waals surface area contributed by atoms with Gasteiger partial charge in [0, 0.05) is 13.1 Å². The van der Waals surface area contributed by atoms with Crippen LogP contribution in [0.2, 0.25) is 0 Å². The molecule has 0 fully saturated rings. The van der Waals surface area contributed by atoms with E-state index in [1.807, 2.05) is 19.9 Å². The van der Waals surface area contributed by atoms with Crippen molar-refractivity contribution in [2.45, 2.75) is 39.7 Å². The molecule has 0 aliphatic carbocycles. The number of nitriles is 1. The van der Waals surface area contributed by atoms with Crippen LogP contribution in [0, 0.1) is 17.2 Å². The second-order valence-electron chi connectivity index (χ2n) is 4.50. The molecule has 2 N–H and O–H groups in total. The van der Waals surface area contributed by atoms with Gasteiger partial charge in [-0.25, -0.2) is 9.59 Å². The summed E-state index contributed by atoms with van der Waals surface area (Å²) < 4.78 is 0. The van der Waals surface area contributed by atoms with E-state index in [-0.39, 0.29) is 12.3 Å². The van der Waals surface area contributed by atoms with Crippen LogP contribution in [0.1, 0.15) is 33.6 Å². The number of carboxylic acids is 1. The highest BCUT2D eigenvalue weighted by atomic mass is 16.4. The molecule has 0 aromatic carbocycles. The molecular formula is C12H21N3O3. The van der Waals surface area contributed by atoms with E-state index in [1.54, 1.807) is 6.92 Å². The van der Waals surface area contributed by atoms with Crippen molar-refractivity contribution in [2.24, 2.45) is 5.92 Å². The van der Waals surface area contributed by atoms with Crippen molar-refractivity contribution in [3.63, 3.8) is 0 Å². The monoisotopic (exact) mass is 255 g/mol. The lowest BCUT2D eigenvalue weighted by atomic mass is 10.2. The van der Waals surface area contributed by atoms with E-state index in [9.17, 15) is 9.59 Å². The summed E-state index contributed by atoms with van der Waals surface area (Å²) >= 11 is 0. The summed E-state index contributed by atoms with van der Waals surface area (Å²) in [7, 11) is 0. The minimum Gasteiger partial charge on any atom is -0.480 e. The summed E-state index contributed by atoms with van der Waals surface area (Å²) in [6.45, 7) is 6.43. The first-order chi connectivity index (χ1) is 8.42. The Balaban J connectivity index is 4.53. The number of amides is 2. The molecule has 6 nitrogen and oxygen atoms in total. The molecule has 18 heavy (non-hydrogen) atoms.